The smallest absolute Gasteiger partial charge is 0.417 e. The summed E-state index contributed by atoms with van der Waals surface area (Å²) in [6.45, 7) is 0.166. The highest BCUT2D eigenvalue weighted by Gasteiger charge is 2.37. The molecule has 0 radical (unpaired) electrons. The van der Waals surface area contributed by atoms with Gasteiger partial charge in [0.2, 0.25) is 0 Å². The zero-order chi connectivity index (χ0) is 19.3. The van der Waals surface area contributed by atoms with Crippen molar-refractivity contribution in [3.05, 3.63) is 96.3 Å². The Balaban J connectivity index is 1.54. The Bertz CT molecular complexity index is 1020. The minimum Gasteiger partial charge on any atom is -0.446 e. The highest BCUT2D eigenvalue weighted by Crippen LogP contribution is 2.28. The van der Waals surface area contributed by atoms with E-state index in [1.54, 1.807) is 18.5 Å². The summed E-state index contributed by atoms with van der Waals surface area (Å²) in [7, 11) is 0. The average molecular weight is 370 g/mol. The molecule has 0 bridgehead atoms. The standard InChI is InChI=1S/C23H18N2O3/c26-22(25-21(16-28-23(25)27)18-7-2-1-3-8-18)12-11-17-6-4-9-19(14-17)20-10-5-13-24-15-20/h1-15,21H,16H2/b12-11+. The van der Waals surface area contributed by atoms with E-state index in [0.29, 0.717) is 0 Å². The lowest BCUT2D eigenvalue weighted by Crippen LogP contribution is -2.32. The van der Waals surface area contributed by atoms with Gasteiger partial charge in [-0.15, -0.1) is 0 Å². The third-order valence-electron chi connectivity index (χ3n) is 4.59. The number of hydrogen-bond acceptors (Lipinski definition) is 4. The van der Waals surface area contributed by atoms with Crippen molar-refractivity contribution >= 4 is 18.1 Å². The number of amides is 2. The molecule has 1 atom stereocenters. The number of carbonyl (C=O) groups excluding carboxylic acids is 2. The second-order valence-electron chi connectivity index (χ2n) is 6.41. The number of cyclic esters (lactones) is 1. The molecular weight excluding hydrogens is 352 g/mol. The van der Waals surface area contributed by atoms with Crippen LogP contribution in [-0.4, -0.2) is 28.5 Å². The van der Waals surface area contributed by atoms with Gasteiger partial charge in [0.15, 0.2) is 0 Å². The molecule has 1 fully saturated rings. The molecule has 2 heterocycles. The fourth-order valence-corrected chi connectivity index (χ4v) is 3.19. The van der Waals surface area contributed by atoms with Crippen molar-refractivity contribution in [1.82, 2.24) is 9.88 Å². The number of nitrogens with zero attached hydrogens (tertiary/aromatic N) is 2. The zero-order valence-corrected chi connectivity index (χ0v) is 15.1. The van der Waals surface area contributed by atoms with Crippen molar-refractivity contribution in [3.8, 4) is 11.1 Å². The van der Waals surface area contributed by atoms with E-state index < -0.39 is 18.0 Å². The van der Waals surface area contributed by atoms with E-state index in [4.69, 9.17) is 4.74 Å². The molecule has 1 unspecified atom stereocenters. The Morgan fingerprint density at radius 1 is 1.04 bits per heavy atom. The predicted octanol–water partition coefficient (Wildman–Crippen LogP) is 4.48. The highest BCUT2D eigenvalue weighted by atomic mass is 16.6. The molecular formula is C23H18N2O3. The zero-order valence-electron chi connectivity index (χ0n) is 15.1. The molecule has 1 aliphatic heterocycles. The molecule has 1 saturated heterocycles. The molecule has 138 valence electrons. The normalized spacial score (nSPS) is 16.4. The fourth-order valence-electron chi connectivity index (χ4n) is 3.19. The molecule has 1 aliphatic rings. The van der Waals surface area contributed by atoms with Gasteiger partial charge in [-0.3, -0.25) is 9.78 Å². The summed E-state index contributed by atoms with van der Waals surface area (Å²) in [6, 6.07) is 20.6. The van der Waals surface area contributed by atoms with Crippen LogP contribution in [0.5, 0.6) is 0 Å². The van der Waals surface area contributed by atoms with Crippen molar-refractivity contribution in [2.45, 2.75) is 6.04 Å². The first-order valence-electron chi connectivity index (χ1n) is 8.96. The fraction of sp³-hybridized carbons (Fsp3) is 0.0870. The van der Waals surface area contributed by atoms with Gasteiger partial charge in [-0.1, -0.05) is 54.6 Å². The first-order chi connectivity index (χ1) is 13.7. The van der Waals surface area contributed by atoms with Gasteiger partial charge in [-0.2, -0.15) is 0 Å². The first kappa shape index (κ1) is 17.7. The van der Waals surface area contributed by atoms with Gasteiger partial charge in [0, 0.05) is 24.0 Å². The van der Waals surface area contributed by atoms with E-state index in [0.717, 1.165) is 27.2 Å². The second kappa shape index (κ2) is 7.88. The lowest BCUT2D eigenvalue weighted by atomic mass is 10.0. The third-order valence-corrected chi connectivity index (χ3v) is 4.59. The molecule has 0 saturated carbocycles. The van der Waals surface area contributed by atoms with Crippen molar-refractivity contribution in [2.24, 2.45) is 0 Å². The van der Waals surface area contributed by atoms with Gasteiger partial charge in [-0.05, 0) is 34.9 Å². The Morgan fingerprint density at radius 3 is 2.64 bits per heavy atom. The predicted molar refractivity (Wildman–Crippen MR) is 106 cm³/mol. The van der Waals surface area contributed by atoms with Crippen LogP contribution < -0.4 is 0 Å². The summed E-state index contributed by atoms with van der Waals surface area (Å²) in [5.74, 6) is -0.400. The number of benzene rings is 2. The number of rotatable bonds is 4. The van der Waals surface area contributed by atoms with Gasteiger partial charge in [0.25, 0.3) is 5.91 Å². The van der Waals surface area contributed by atoms with E-state index >= 15 is 0 Å². The Kier molecular flexibility index (Phi) is 4.97. The van der Waals surface area contributed by atoms with Crippen LogP contribution in [-0.2, 0) is 9.53 Å². The average Bonchev–Trinajstić information content (AvgIpc) is 3.15. The number of imide groups is 1. The monoisotopic (exact) mass is 370 g/mol. The molecule has 5 heteroatoms. The Labute approximate surface area is 162 Å². The lowest BCUT2D eigenvalue weighted by molar-refractivity contribution is -0.124. The van der Waals surface area contributed by atoms with E-state index in [-0.39, 0.29) is 6.61 Å². The molecule has 4 rings (SSSR count). The van der Waals surface area contributed by atoms with E-state index in [2.05, 4.69) is 4.98 Å². The maximum atomic E-state index is 12.7. The summed E-state index contributed by atoms with van der Waals surface area (Å²) in [6.07, 6.45) is 6.01. The first-order valence-corrected chi connectivity index (χ1v) is 8.96. The third kappa shape index (κ3) is 3.69. The van der Waals surface area contributed by atoms with Crippen molar-refractivity contribution in [2.75, 3.05) is 6.61 Å². The maximum Gasteiger partial charge on any atom is 0.417 e. The Morgan fingerprint density at radius 2 is 1.86 bits per heavy atom. The number of aromatic nitrogens is 1. The van der Waals surface area contributed by atoms with E-state index in [1.807, 2.05) is 66.7 Å². The number of ether oxygens (including phenoxy) is 1. The molecule has 0 N–H and O–H groups in total. The van der Waals surface area contributed by atoms with Crippen LogP contribution in [0.2, 0.25) is 0 Å². The van der Waals surface area contributed by atoms with Crippen LogP contribution in [0.15, 0.2) is 85.2 Å². The minimum atomic E-state index is -0.618. The van der Waals surface area contributed by atoms with Crippen LogP contribution in [0.1, 0.15) is 17.2 Å². The van der Waals surface area contributed by atoms with E-state index in [9.17, 15) is 9.59 Å². The SMILES string of the molecule is O=C(/C=C/c1cccc(-c2cccnc2)c1)N1C(=O)OCC1c1ccccc1. The van der Waals surface area contributed by atoms with Gasteiger partial charge >= 0.3 is 6.09 Å². The summed E-state index contributed by atoms with van der Waals surface area (Å²) in [4.78, 5) is 30.1. The quantitative estimate of drug-likeness (QED) is 0.635. The maximum absolute atomic E-state index is 12.7. The summed E-state index contributed by atoms with van der Waals surface area (Å²) < 4.78 is 5.11. The molecule has 2 aromatic carbocycles. The van der Waals surface area contributed by atoms with Crippen LogP contribution in [0, 0.1) is 0 Å². The molecule has 3 aromatic rings. The minimum absolute atomic E-state index is 0.166. The summed E-state index contributed by atoms with van der Waals surface area (Å²) in [5, 5.41) is 0. The summed E-state index contributed by atoms with van der Waals surface area (Å²) >= 11 is 0. The number of pyridine rings is 1. The van der Waals surface area contributed by atoms with Crippen LogP contribution >= 0.6 is 0 Å². The molecule has 5 nitrogen and oxygen atoms in total. The Hall–Kier alpha value is -3.73. The topological polar surface area (TPSA) is 59.5 Å². The van der Waals surface area contributed by atoms with Crippen LogP contribution in [0.3, 0.4) is 0 Å². The largest absolute Gasteiger partial charge is 0.446 e. The van der Waals surface area contributed by atoms with Crippen molar-refractivity contribution < 1.29 is 14.3 Å². The van der Waals surface area contributed by atoms with Gasteiger partial charge in [0.05, 0.1) is 0 Å². The van der Waals surface area contributed by atoms with Gasteiger partial charge in [-0.25, -0.2) is 9.69 Å². The van der Waals surface area contributed by atoms with Crippen molar-refractivity contribution in [1.29, 1.82) is 0 Å². The molecule has 28 heavy (non-hydrogen) atoms. The number of carbonyl (C=O) groups is 2. The van der Waals surface area contributed by atoms with Crippen LogP contribution in [0.4, 0.5) is 4.79 Å². The number of hydrogen-bond donors (Lipinski definition) is 0. The van der Waals surface area contributed by atoms with Gasteiger partial charge < -0.3 is 4.74 Å². The summed E-state index contributed by atoms with van der Waals surface area (Å²) in [5.41, 5.74) is 3.73. The second-order valence-corrected chi connectivity index (χ2v) is 6.41. The van der Waals surface area contributed by atoms with Crippen molar-refractivity contribution in [3.63, 3.8) is 0 Å². The molecule has 0 spiro atoms. The lowest BCUT2D eigenvalue weighted by Gasteiger charge is -2.18. The van der Waals surface area contributed by atoms with Gasteiger partial charge in [0.1, 0.15) is 12.6 Å². The molecule has 1 aromatic heterocycles. The molecule has 0 aliphatic carbocycles. The highest BCUT2D eigenvalue weighted by molar-refractivity contribution is 6.02. The van der Waals surface area contributed by atoms with E-state index in [1.165, 1.54) is 6.08 Å². The molecule has 2 amide bonds. The van der Waals surface area contributed by atoms with Crippen LogP contribution in [0.25, 0.3) is 17.2 Å².